The lowest BCUT2D eigenvalue weighted by molar-refractivity contribution is -0.274. The Morgan fingerprint density at radius 1 is 1.00 bits per heavy atom. The van der Waals surface area contributed by atoms with Gasteiger partial charge in [0, 0.05) is 23.9 Å². The first kappa shape index (κ1) is 25.5. The first-order chi connectivity index (χ1) is 17.8. The maximum atomic E-state index is 12.3. The molecule has 37 heavy (non-hydrogen) atoms. The Morgan fingerprint density at radius 3 is 2.46 bits per heavy atom. The summed E-state index contributed by atoms with van der Waals surface area (Å²) in [5, 5.41) is 10.0. The van der Waals surface area contributed by atoms with Crippen molar-refractivity contribution in [1.82, 2.24) is 20.1 Å². The highest BCUT2D eigenvalue weighted by Gasteiger charge is 2.31. The quantitative estimate of drug-likeness (QED) is 0.286. The molecule has 2 N–H and O–H groups in total. The molecule has 0 saturated heterocycles. The van der Waals surface area contributed by atoms with Crippen molar-refractivity contribution in [3.8, 4) is 28.6 Å². The zero-order valence-electron chi connectivity index (χ0n) is 19.8. The van der Waals surface area contributed by atoms with Crippen LogP contribution in [0.25, 0.3) is 17.1 Å². The van der Waals surface area contributed by atoms with E-state index in [1.165, 1.54) is 35.3 Å². The number of carbonyl (C=O) groups excluding carboxylic acids is 1. The predicted molar refractivity (Wildman–Crippen MR) is 132 cm³/mol. The van der Waals surface area contributed by atoms with Crippen LogP contribution in [0.3, 0.4) is 0 Å². The van der Waals surface area contributed by atoms with Gasteiger partial charge in [0.2, 0.25) is 0 Å². The normalized spacial score (nSPS) is 11.1. The van der Waals surface area contributed by atoms with Gasteiger partial charge in [-0.3, -0.25) is 0 Å². The molecule has 4 aromatic rings. The van der Waals surface area contributed by atoms with Gasteiger partial charge in [0.05, 0.1) is 12.8 Å². The average molecular weight is 512 g/mol. The molecule has 0 bridgehead atoms. The van der Waals surface area contributed by atoms with Gasteiger partial charge >= 0.3 is 12.4 Å². The van der Waals surface area contributed by atoms with Crippen LogP contribution in [0.5, 0.6) is 11.5 Å². The van der Waals surface area contributed by atoms with Crippen molar-refractivity contribution in [2.75, 3.05) is 19.0 Å². The molecule has 8 nitrogen and oxygen atoms in total. The number of nitrogens with one attached hydrogen (secondary N) is 2. The van der Waals surface area contributed by atoms with E-state index in [9.17, 15) is 18.0 Å². The third-order valence-electron chi connectivity index (χ3n) is 5.29. The van der Waals surface area contributed by atoms with Crippen molar-refractivity contribution < 1.29 is 27.4 Å². The molecule has 0 aliphatic carbocycles. The van der Waals surface area contributed by atoms with Gasteiger partial charge < -0.3 is 20.1 Å². The summed E-state index contributed by atoms with van der Waals surface area (Å²) in [5.74, 6) is 0.842. The molecular formula is C26H24F3N5O3. The minimum absolute atomic E-state index is 0.284. The second kappa shape index (κ2) is 11.5. The molecule has 192 valence electrons. The summed E-state index contributed by atoms with van der Waals surface area (Å²) in [7, 11) is 1.57. The van der Waals surface area contributed by atoms with E-state index in [1.54, 1.807) is 31.4 Å². The molecule has 11 heteroatoms. The molecule has 3 aromatic carbocycles. The molecule has 0 unspecified atom stereocenters. The maximum Gasteiger partial charge on any atom is 0.573 e. The average Bonchev–Trinajstić information content (AvgIpc) is 3.37. The summed E-state index contributed by atoms with van der Waals surface area (Å²) in [4.78, 5) is 16.4. The van der Waals surface area contributed by atoms with E-state index in [0.717, 1.165) is 24.0 Å². The highest BCUT2D eigenvalue weighted by molar-refractivity contribution is 5.89. The lowest BCUT2D eigenvalue weighted by Crippen LogP contribution is -2.29. The van der Waals surface area contributed by atoms with E-state index >= 15 is 0 Å². The molecule has 0 spiro atoms. The van der Waals surface area contributed by atoms with Crippen molar-refractivity contribution in [3.05, 3.63) is 84.7 Å². The number of anilines is 1. The number of methoxy groups -OCH3 is 1. The number of carbonyl (C=O) groups is 1. The van der Waals surface area contributed by atoms with Crippen LogP contribution in [0.1, 0.15) is 12.0 Å². The smallest absolute Gasteiger partial charge is 0.497 e. The summed E-state index contributed by atoms with van der Waals surface area (Å²) in [6.07, 6.45) is -1.72. The molecule has 0 aliphatic rings. The van der Waals surface area contributed by atoms with Crippen molar-refractivity contribution in [2.45, 2.75) is 19.2 Å². The number of nitrogens with zero attached hydrogens (tertiary/aromatic N) is 3. The Labute approximate surface area is 211 Å². The molecular weight excluding hydrogens is 487 g/mol. The van der Waals surface area contributed by atoms with Gasteiger partial charge in [0.25, 0.3) is 0 Å². The summed E-state index contributed by atoms with van der Waals surface area (Å²) in [6, 6.07) is 19.9. The van der Waals surface area contributed by atoms with E-state index in [4.69, 9.17) is 4.74 Å². The summed E-state index contributed by atoms with van der Waals surface area (Å²) in [5.41, 5.74) is 3.09. The Morgan fingerprint density at radius 2 is 1.76 bits per heavy atom. The fourth-order valence-corrected chi connectivity index (χ4v) is 3.51. The number of hydrogen-bond donors (Lipinski definition) is 2. The van der Waals surface area contributed by atoms with E-state index in [0.29, 0.717) is 29.5 Å². The Balaban J connectivity index is 1.25. The fourth-order valence-electron chi connectivity index (χ4n) is 3.51. The number of aromatic nitrogens is 3. The number of ether oxygens (including phenoxy) is 2. The van der Waals surface area contributed by atoms with Crippen LogP contribution in [0.15, 0.2) is 79.1 Å². The van der Waals surface area contributed by atoms with Gasteiger partial charge in [-0.05, 0) is 54.8 Å². The first-order valence-corrected chi connectivity index (χ1v) is 11.4. The summed E-state index contributed by atoms with van der Waals surface area (Å²) in [6.45, 7) is 0.510. The molecule has 0 atom stereocenters. The number of alkyl halides is 3. The third kappa shape index (κ3) is 7.47. The van der Waals surface area contributed by atoms with E-state index < -0.39 is 6.36 Å². The molecule has 4 rings (SSSR count). The van der Waals surface area contributed by atoms with Gasteiger partial charge in [-0.2, -0.15) is 0 Å². The van der Waals surface area contributed by atoms with Crippen LogP contribution in [-0.4, -0.2) is 40.8 Å². The maximum absolute atomic E-state index is 12.3. The topological polar surface area (TPSA) is 90.3 Å². The third-order valence-corrected chi connectivity index (χ3v) is 5.29. The molecule has 0 fully saturated rings. The molecule has 2 amide bonds. The van der Waals surface area contributed by atoms with Gasteiger partial charge in [-0.15, -0.1) is 18.3 Å². The molecule has 0 saturated carbocycles. The Bertz CT molecular complexity index is 1320. The Kier molecular flexibility index (Phi) is 7.92. The summed E-state index contributed by atoms with van der Waals surface area (Å²) < 4.78 is 47.5. The zero-order valence-corrected chi connectivity index (χ0v) is 19.8. The number of aryl methyl sites for hydroxylation is 1. The number of amides is 2. The number of benzene rings is 3. The number of hydrogen-bond acceptors (Lipinski definition) is 5. The van der Waals surface area contributed by atoms with Gasteiger partial charge in [0.1, 0.15) is 17.8 Å². The monoisotopic (exact) mass is 511 g/mol. The SMILES string of the molecule is COc1cccc(NC(=O)NCCCc2ccc(-c3ncn(-c4ccc(OC(F)(F)F)cc4)n3)cc2)c1. The second-order valence-electron chi connectivity index (χ2n) is 7.97. The van der Waals surface area contributed by atoms with Crippen LogP contribution in [-0.2, 0) is 6.42 Å². The van der Waals surface area contributed by atoms with Crippen molar-refractivity contribution in [3.63, 3.8) is 0 Å². The van der Waals surface area contributed by atoms with Crippen molar-refractivity contribution >= 4 is 11.7 Å². The summed E-state index contributed by atoms with van der Waals surface area (Å²) >= 11 is 0. The van der Waals surface area contributed by atoms with E-state index in [-0.39, 0.29) is 11.8 Å². The fraction of sp³-hybridized carbons (Fsp3) is 0.192. The van der Waals surface area contributed by atoms with Gasteiger partial charge in [0.15, 0.2) is 5.82 Å². The molecule has 1 aromatic heterocycles. The second-order valence-corrected chi connectivity index (χ2v) is 7.97. The van der Waals surface area contributed by atoms with Crippen LogP contribution in [0.2, 0.25) is 0 Å². The van der Waals surface area contributed by atoms with E-state index in [2.05, 4.69) is 25.5 Å². The minimum atomic E-state index is -4.74. The predicted octanol–water partition coefficient (Wildman–Crippen LogP) is 5.60. The highest BCUT2D eigenvalue weighted by Crippen LogP contribution is 2.24. The number of halogens is 3. The minimum Gasteiger partial charge on any atom is -0.497 e. The number of rotatable bonds is 9. The largest absolute Gasteiger partial charge is 0.573 e. The zero-order chi connectivity index (χ0) is 26.3. The lowest BCUT2D eigenvalue weighted by atomic mass is 10.1. The highest BCUT2D eigenvalue weighted by atomic mass is 19.4. The number of urea groups is 1. The van der Waals surface area contributed by atoms with E-state index in [1.807, 2.05) is 24.3 Å². The van der Waals surface area contributed by atoms with Gasteiger partial charge in [-0.1, -0.05) is 30.3 Å². The van der Waals surface area contributed by atoms with Crippen LogP contribution < -0.4 is 20.1 Å². The molecule has 1 heterocycles. The first-order valence-electron chi connectivity index (χ1n) is 11.4. The van der Waals surface area contributed by atoms with Crippen LogP contribution in [0, 0.1) is 0 Å². The van der Waals surface area contributed by atoms with Crippen molar-refractivity contribution in [1.29, 1.82) is 0 Å². The van der Waals surface area contributed by atoms with Gasteiger partial charge in [-0.25, -0.2) is 14.5 Å². The van der Waals surface area contributed by atoms with Crippen LogP contribution >= 0.6 is 0 Å². The molecule has 0 aliphatic heterocycles. The van der Waals surface area contributed by atoms with Crippen LogP contribution in [0.4, 0.5) is 23.7 Å². The molecule has 0 radical (unpaired) electrons. The lowest BCUT2D eigenvalue weighted by Gasteiger charge is -2.09. The Hall–Kier alpha value is -4.54. The standard InChI is InChI=1S/C26H24F3N5O3/c1-36-23-6-2-5-20(16-23)32-25(35)30-15-3-4-18-7-9-19(10-8-18)24-31-17-34(33-24)21-11-13-22(14-12-21)37-26(27,28)29/h2,5-14,16-17H,3-4,15H2,1H3,(H2,30,32,35). The van der Waals surface area contributed by atoms with Crippen molar-refractivity contribution in [2.24, 2.45) is 0 Å².